The topological polar surface area (TPSA) is 50.4 Å². The standard InChI is InChI=1S/C6H9F3N2O2/c7-6(8,9)3-11-5(12)13-4-1-10-2-4/h4,10H,1-3H2,(H,11,12). The maximum Gasteiger partial charge on any atom is 0.407 e. The van der Waals surface area contributed by atoms with Gasteiger partial charge in [0.25, 0.3) is 0 Å². The van der Waals surface area contributed by atoms with Crippen LogP contribution in [0.4, 0.5) is 18.0 Å². The highest BCUT2D eigenvalue weighted by molar-refractivity contribution is 5.67. The van der Waals surface area contributed by atoms with Crippen LogP contribution in [-0.4, -0.2) is 38.0 Å². The number of nitrogens with one attached hydrogen (secondary N) is 2. The molecule has 0 aliphatic carbocycles. The van der Waals surface area contributed by atoms with Gasteiger partial charge in [0.2, 0.25) is 0 Å². The number of halogens is 3. The van der Waals surface area contributed by atoms with Gasteiger partial charge in [-0.25, -0.2) is 4.79 Å². The molecule has 0 aromatic carbocycles. The van der Waals surface area contributed by atoms with Gasteiger partial charge in [-0.05, 0) is 0 Å². The number of carbonyl (C=O) groups is 1. The predicted molar refractivity (Wildman–Crippen MR) is 37.2 cm³/mol. The Hall–Kier alpha value is -0.980. The summed E-state index contributed by atoms with van der Waals surface area (Å²) >= 11 is 0. The first-order valence-electron chi connectivity index (χ1n) is 3.69. The first-order chi connectivity index (χ1) is 5.97. The molecule has 1 fully saturated rings. The van der Waals surface area contributed by atoms with Gasteiger partial charge in [-0.15, -0.1) is 0 Å². The summed E-state index contributed by atoms with van der Waals surface area (Å²) in [6.07, 6.45) is -5.71. The Morgan fingerprint density at radius 2 is 2.15 bits per heavy atom. The van der Waals surface area contributed by atoms with E-state index in [2.05, 4.69) is 10.1 Å². The van der Waals surface area contributed by atoms with E-state index in [0.717, 1.165) is 0 Å². The highest BCUT2D eigenvalue weighted by Crippen LogP contribution is 2.12. The number of alkyl carbamates (subject to hydrolysis) is 1. The van der Waals surface area contributed by atoms with Gasteiger partial charge in [0.15, 0.2) is 0 Å². The van der Waals surface area contributed by atoms with E-state index >= 15 is 0 Å². The van der Waals surface area contributed by atoms with Crippen LogP contribution in [0.15, 0.2) is 0 Å². The third-order valence-electron chi connectivity index (χ3n) is 1.45. The molecule has 1 rings (SSSR count). The molecule has 0 saturated carbocycles. The first kappa shape index (κ1) is 10.1. The van der Waals surface area contributed by atoms with E-state index < -0.39 is 18.8 Å². The lowest BCUT2D eigenvalue weighted by Gasteiger charge is -2.26. The van der Waals surface area contributed by atoms with Gasteiger partial charge in [0.05, 0.1) is 0 Å². The second kappa shape index (κ2) is 3.82. The van der Waals surface area contributed by atoms with Crippen molar-refractivity contribution in [3.05, 3.63) is 0 Å². The van der Waals surface area contributed by atoms with E-state index in [1.807, 2.05) is 0 Å². The molecule has 0 aromatic rings. The highest BCUT2D eigenvalue weighted by atomic mass is 19.4. The van der Waals surface area contributed by atoms with Crippen LogP contribution in [0.3, 0.4) is 0 Å². The number of carbonyl (C=O) groups excluding carboxylic acids is 1. The van der Waals surface area contributed by atoms with Gasteiger partial charge >= 0.3 is 12.3 Å². The quantitative estimate of drug-likeness (QED) is 0.668. The lowest BCUT2D eigenvalue weighted by molar-refractivity contribution is -0.124. The smallest absolute Gasteiger partial charge is 0.407 e. The van der Waals surface area contributed by atoms with Crippen LogP contribution in [-0.2, 0) is 4.74 Å². The molecule has 0 bridgehead atoms. The minimum Gasteiger partial charge on any atom is -0.444 e. The van der Waals surface area contributed by atoms with E-state index in [-0.39, 0.29) is 6.10 Å². The maximum absolute atomic E-state index is 11.6. The molecule has 7 heteroatoms. The van der Waals surface area contributed by atoms with Crippen LogP contribution in [0, 0.1) is 0 Å². The SMILES string of the molecule is O=C(NCC(F)(F)F)OC1CNC1. The van der Waals surface area contributed by atoms with Gasteiger partial charge in [-0.2, -0.15) is 13.2 Å². The Morgan fingerprint density at radius 1 is 1.54 bits per heavy atom. The maximum atomic E-state index is 11.6. The summed E-state index contributed by atoms with van der Waals surface area (Å²) in [5.41, 5.74) is 0. The summed E-state index contributed by atoms with van der Waals surface area (Å²) < 4.78 is 39.3. The average molecular weight is 198 g/mol. The van der Waals surface area contributed by atoms with E-state index in [0.29, 0.717) is 13.1 Å². The number of hydrogen-bond donors (Lipinski definition) is 2. The zero-order valence-electron chi connectivity index (χ0n) is 6.65. The van der Waals surface area contributed by atoms with Gasteiger partial charge in [-0.3, -0.25) is 0 Å². The molecule has 1 aliphatic heterocycles. The second-order valence-electron chi connectivity index (χ2n) is 2.65. The molecule has 0 radical (unpaired) electrons. The lowest BCUT2D eigenvalue weighted by Crippen LogP contribution is -2.51. The molecule has 4 nitrogen and oxygen atoms in total. The van der Waals surface area contributed by atoms with Crippen LogP contribution in [0.1, 0.15) is 0 Å². The van der Waals surface area contributed by atoms with Crippen molar-refractivity contribution >= 4 is 6.09 Å². The molecular weight excluding hydrogens is 189 g/mol. The lowest BCUT2D eigenvalue weighted by atomic mass is 10.2. The van der Waals surface area contributed by atoms with E-state index in [1.54, 1.807) is 5.32 Å². The third kappa shape index (κ3) is 3.97. The monoisotopic (exact) mass is 198 g/mol. The summed E-state index contributed by atoms with van der Waals surface area (Å²) in [4.78, 5) is 10.6. The van der Waals surface area contributed by atoms with Crippen molar-refractivity contribution in [1.82, 2.24) is 10.6 Å². The molecule has 1 amide bonds. The molecule has 76 valence electrons. The van der Waals surface area contributed by atoms with Crippen LogP contribution < -0.4 is 10.6 Å². The molecule has 1 heterocycles. The summed E-state index contributed by atoms with van der Waals surface area (Å²) in [7, 11) is 0. The Labute approximate surface area is 72.4 Å². The predicted octanol–water partition coefficient (Wildman–Crippen LogP) is 0.247. The summed E-state index contributed by atoms with van der Waals surface area (Å²) in [5, 5.41) is 4.42. The highest BCUT2D eigenvalue weighted by Gasteiger charge is 2.29. The van der Waals surface area contributed by atoms with Crippen molar-refractivity contribution in [2.24, 2.45) is 0 Å². The molecule has 1 saturated heterocycles. The van der Waals surface area contributed by atoms with Gasteiger partial charge in [0.1, 0.15) is 12.6 Å². The van der Waals surface area contributed by atoms with E-state index in [4.69, 9.17) is 0 Å². The van der Waals surface area contributed by atoms with Crippen LogP contribution >= 0.6 is 0 Å². The number of hydrogen-bond acceptors (Lipinski definition) is 3. The Balaban J connectivity index is 2.10. The summed E-state index contributed by atoms with van der Waals surface area (Å²) in [6.45, 7) is -0.356. The molecule has 13 heavy (non-hydrogen) atoms. The van der Waals surface area contributed by atoms with Crippen LogP contribution in [0.2, 0.25) is 0 Å². The fourth-order valence-corrected chi connectivity index (χ4v) is 0.711. The van der Waals surface area contributed by atoms with Crippen molar-refractivity contribution < 1.29 is 22.7 Å². The average Bonchev–Trinajstić information content (AvgIpc) is 1.91. The summed E-state index contributed by atoms with van der Waals surface area (Å²) in [5.74, 6) is 0. The van der Waals surface area contributed by atoms with E-state index in [9.17, 15) is 18.0 Å². The Kier molecular flexibility index (Phi) is 2.97. The molecule has 0 atom stereocenters. The van der Waals surface area contributed by atoms with Gasteiger partial charge in [-0.1, -0.05) is 0 Å². The van der Waals surface area contributed by atoms with E-state index in [1.165, 1.54) is 0 Å². The fourth-order valence-electron chi connectivity index (χ4n) is 0.711. The molecule has 0 unspecified atom stereocenters. The minimum atomic E-state index is -4.39. The minimum absolute atomic E-state index is 0.298. The molecule has 0 spiro atoms. The normalized spacial score (nSPS) is 17.8. The van der Waals surface area contributed by atoms with Crippen molar-refractivity contribution in [3.8, 4) is 0 Å². The van der Waals surface area contributed by atoms with Gasteiger partial charge < -0.3 is 15.4 Å². The third-order valence-corrected chi connectivity index (χ3v) is 1.45. The second-order valence-corrected chi connectivity index (χ2v) is 2.65. The van der Waals surface area contributed by atoms with Gasteiger partial charge in [0, 0.05) is 13.1 Å². The molecule has 2 N–H and O–H groups in total. The zero-order valence-corrected chi connectivity index (χ0v) is 6.65. The number of rotatable bonds is 2. The van der Waals surface area contributed by atoms with Crippen molar-refractivity contribution in [3.63, 3.8) is 0 Å². The summed E-state index contributed by atoms with van der Waals surface area (Å²) in [6, 6.07) is 0. The zero-order chi connectivity index (χ0) is 9.90. The van der Waals surface area contributed by atoms with Crippen LogP contribution in [0.5, 0.6) is 0 Å². The van der Waals surface area contributed by atoms with Crippen molar-refractivity contribution in [2.45, 2.75) is 12.3 Å². The molecule has 1 aliphatic rings. The molecule has 0 aromatic heterocycles. The molecular formula is C6H9F3N2O2. The Morgan fingerprint density at radius 3 is 2.54 bits per heavy atom. The fraction of sp³-hybridized carbons (Fsp3) is 0.833. The van der Waals surface area contributed by atoms with Crippen molar-refractivity contribution in [1.29, 1.82) is 0 Å². The largest absolute Gasteiger partial charge is 0.444 e. The van der Waals surface area contributed by atoms with Crippen LogP contribution in [0.25, 0.3) is 0 Å². The Bertz CT molecular complexity index is 191. The number of alkyl halides is 3. The van der Waals surface area contributed by atoms with Crippen molar-refractivity contribution in [2.75, 3.05) is 19.6 Å². The number of amides is 1. The first-order valence-corrected chi connectivity index (χ1v) is 3.69. The number of ether oxygens (including phenoxy) is 1.